The van der Waals surface area contributed by atoms with Gasteiger partial charge in [0.2, 0.25) is 0 Å². The van der Waals surface area contributed by atoms with E-state index in [1.807, 2.05) is 91.9 Å². The van der Waals surface area contributed by atoms with Crippen LogP contribution < -0.4 is 24.9 Å². The Balaban J connectivity index is 1.43. The Labute approximate surface area is 271 Å². The molecule has 1 aliphatic rings. The molecule has 4 aromatic carbocycles. The summed E-state index contributed by atoms with van der Waals surface area (Å²) in [5, 5.41) is 12.5. The minimum absolute atomic E-state index is 0.210. The predicted octanol–water partition coefficient (Wildman–Crippen LogP) is 6.45. The summed E-state index contributed by atoms with van der Waals surface area (Å²) in [7, 11) is 0. The summed E-state index contributed by atoms with van der Waals surface area (Å²) >= 11 is 1.28. The first-order valence-electron chi connectivity index (χ1n) is 15.0. The molecule has 0 unspecified atom stereocenters. The van der Waals surface area contributed by atoms with Gasteiger partial charge in [-0.15, -0.1) is 0 Å². The number of fused-ring (bicyclic) bond motifs is 1. The van der Waals surface area contributed by atoms with Gasteiger partial charge in [0.25, 0.3) is 11.5 Å². The summed E-state index contributed by atoms with van der Waals surface area (Å²) < 4.78 is 8.24. The van der Waals surface area contributed by atoms with E-state index in [4.69, 9.17) is 9.73 Å². The second-order valence-corrected chi connectivity index (χ2v) is 12.3. The Hall–Kier alpha value is -5.52. The Morgan fingerprint density at radius 2 is 1.70 bits per heavy atom. The van der Waals surface area contributed by atoms with E-state index in [-0.39, 0.29) is 18.1 Å². The monoisotopic (exact) mass is 624 g/mol. The number of ether oxygens (including phenoxy) is 1. The van der Waals surface area contributed by atoms with Crippen LogP contribution in [-0.2, 0) is 11.4 Å². The lowest BCUT2D eigenvalue weighted by molar-refractivity contribution is -0.113. The van der Waals surface area contributed by atoms with Crippen molar-refractivity contribution in [2.45, 2.75) is 39.3 Å². The Morgan fingerprint density at radius 1 is 1.00 bits per heavy atom. The molecule has 1 amide bonds. The molecular weight excluding hydrogens is 593 g/mol. The van der Waals surface area contributed by atoms with Gasteiger partial charge < -0.3 is 10.1 Å². The number of para-hydroxylation sites is 2. The number of hydrogen-bond acceptors (Lipinski definition) is 6. The van der Waals surface area contributed by atoms with E-state index in [0.29, 0.717) is 43.5 Å². The average molecular weight is 625 g/mol. The minimum Gasteiger partial charge on any atom is -0.488 e. The van der Waals surface area contributed by atoms with Gasteiger partial charge in [0.05, 0.1) is 33.5 Å². The quantitative estimate of drug-likeness (QED) is 0.215. The number of thiazole rings is 1. The molecule has 0 aliphatic carbocycles. The van der Waals surface area contributed by atoms with E-state index >= 15 is 0 Å². The molecule has 5 aromatic rings. The minimum atomic E-state index is -0.669. The second-order valence-electron chi connectivity index (χ2n) is 11.3. The van der Waals surface area contributed by atoms with Crippen molar-refractivity contribution in [2.75, 3.05) is 5.32 Å². The largest absolute Gasteiger partial charge is 0.488 e. The van der Waals surface area contributed by atoms with Crippen LogP contribution in [0.3, 0.4) is 0 Å². The number of carbonyl (C=O) groups excluding carboxylic acids is 1. The SMILES string of the molecule is CC1=C(C(=O)Nc2ccccc2)[C@@H](c2ccc(C(C)C)cc2)n2c(s/c(=C\c3ccccc3OCc3ccccc3C#N)c2=O)=N1. The zero-order chi connectivity index (χ0) is 32.2. The van der Waals surface area contributed by atoms with Crippen molar-refractivity contribution >= 4 is 29.0 Å². The van der Waals surface area contributed by atoms with Crippen LogP contribution >= 0.6 is 11.3 Å². The average Bonchev–Trinajstić information content (AvgIpc) is 3.37. The van der Waals surface area contributed by atoms with E-state index in [1.54, 1.807) is 16.7 Å². The fourth-order valence-electron chi connectivity index (χ4n) is 5.49. The Kier molecular flexibility index (Phi) is 8.77. The third-order valence-corrected chi connectivity index (χ3v) is 8.93. The third-order valence-electron chi connectivity index (χ3n) is 7.94. The zero-order valence-corrected chi connectivity index (χ0v) is 26.5. The number of benzene rings is 4. The third kappa shape index (κ3) is 6.19. The highest BCUT2D eigenvalue weighted by Gasteiger charge is 2.32. The number of nitrogens with one attached hydrogen (secondary N) is 1. The number of allylic oxidation sites excluding steroid dienone is 1. The van der Waals surface area contributed by atoms with Crippen molar-refractivity contribution in [1.82, 2.24) is 4.57 Å². The summed E-state index contributed by atoms with van der Waals surface area (Å²) in [5.74, 6) is 0.613. The molecule has 228 valence electrons. The molecule has 0 saturated carbocycles. The number of aromatic nitrogens is 1. The van der Waals surface area contributed by atoms with Crippen molar-refractivity contribution < 1.29 is 9.53 Å². The van der Waals surface area contributed by atoms with Gasteiger partial charge in [-0.25, -0.2) is 4.99 Å². The van der Waals surface area contributed by atoms with Crippen LogP contribution in [0.15, 0.2) is 124 Å². The first kappa shape index (κ1) is 30.5. The van der Waals surface area contributed by atoms with Gasteiger partial charge in [-0.1, -0.05) is 104 Å². The highest BCUT2D eigenvalue weighted by atomic mass is 32.1. The highest BCUT2D eigenvalue weighted by molar-refractivity contribution is 7.07. The van der Waals surface area contributed by atoms with Crippen LogP contribution in [0.2, 0.25) is 0 Å². The van der Waals surface area contributed by atoms with E-state index in [0.717, 1.165) is 16.7 Å². The number of carbonyl (C=O) groups is 1. The maximum Gasteiger partial charge on any atom is 0.271 e. The molecule has 7 nitrogen and oxygen atoms in total. The van der Waals surface area contributed by atoms with Crippen molar-refractivity contribution in [3.05, 3.63) is 162 Å². The lowest BCUT2D eigenvalue weighted by Gasteiger charge is -2.25. The van der Waals surface area contributed by atoms with Crippen LogP contribution in [0, 0.1) is 11.3 Å². The fraction of sp³-hybridized carbons (Fsp3) is 0.158. The van der Waals surface area contributed by atoms with Gasteiger partial charge in [-0.3, -0.25) is 14.2 Å². The van der Waals surface area contributed by atoms with Gasteiger partial charge >= 0.3 is 0 Å². The van der Waals surface area contributed by atoms with Crippen LogP contribution in [-0.4, -0.2) is 10.5 Å². The molecule has 1 aliphatic heterocycles. The Morgan fingerprint density at radius 3 is 2.43 bits per heavy atom. The number of amides is 1. The molecule has 6 rings (SSSR count). The molecule has 1 atom stereocenters. The number of rotatable bonds is 8. The molecule has 1 aromatic heterocycles. The first-order valence-corrected chi connectivity index (χ1v) is 15.8. The molecule has 0 radical (unpaired) electrons. The summed E-state index contributed by atoms with van der Waals surface area (Å²) in [4.78, 5) is 33.4. The molecule has 0 bridgehead atoms. The molecule has 0 fully saturated rings. The number of hydrogen-bond donors (Lipinski definition) is 1. The highest BCUT2D eigenvalue weighted by Crippen LogP contribution is 2.32. The fourth-order valence-corrected chi connectivity index (χ4v) is 6.53. The summed E-state index contributed by atoms with van der Waals surface area (Å²) in [6.45, 7) is 6.28. The van der Waals surface area contributed by atoms with Crippen LogP contribution in [0.4, 0.5) is 5.69 Å². The van der Waals surface area contributed by atoms with E-state index in [1.165, 1.54) is 16.9 Å². The molecule has 1 N–H and O–H groups in total. The molecule has 0 spiro atoms. The van der Waals surface area contributed by atoms with Gasteiger partial charge in [0.15, 0.2) is 4.80 Å². The smallest absolute Gasteiger partial charge is 0.271 e. The van der Waals surface area contributed by atoms with E-state index < -0.39 is 6.04 Å². The van der Waals surface area contributed by atoms with E-state index in [9.17, 15) is 14.9 Å². The van der Waals surface area contributed by atoms with Crippen LogP contribution in [0.25, 0.3) is 6.08 Å². The molecule has 0 saturated heterocycles. The standard InChI is InChI=1S/C38H32N4O3S/c1-24(2)26-17-19-27(20-18-26)35-34(36(43)41-31-14-5-4-6-15-31)25(3)40-38-42(35)37(44)33(46-38)21-28-11-9-10-16-32(28)45-23-30-13-8-7-12-29(30)22-39/h4-21,24,35H,23H2,1-3H3,(H,41,43)/b33-21-/t35-/m1/s1. The summed E-state index contributed by atoms with van der Waals surface area (Å²) in [5.41, 5.74) is 5.43. The first-order chi connectivity index (χ1) is 22.3. The van der Waals surface area contributed by atoms with Crippen molar-refractivity contribution in [2.24, 2.45) is 4.99 Å². The predicted molar refractivity (Wildman–Crippen MR) is 181 cm³/mol. The van der Waals surface area contributed by atoms with Crippen LogP contribution in [0.1, 0.15) is 60.5 Å². The maximum atomic E-state index is 14.2. The summed E-state index contributed by atoms with van der Waals surface area (Å²) in [6.07, 6.45) is 1.80. The summed E-state index contributed by atoms with van der Waals surface area (Å²) in [6, 6.07) is 33.7. The van der Waals surface area contributed by atoms with Gasteiger partial charge in [0, 0.05) is 16.8 Å². The van der Waals surface area contributed by atoms with Crippen molar-refractivity contribution in [1.29, 1.82) is 5.26 Å². The Bertz CT molecular complexity index is 2170. The van der Waals surface area contributed by atoms with Crippen molar-refractivity contribution in [3.63, 3.8) is 0 Å². The van der Waals surface area contributed by atoms with Gasteiger partial charge in [0.1, 0.15) is 12.4 Å². The normalized spacial score (nSPS) is 14.4. The molecular formula is C38H32N4O3S. The second kappa shape index (κ2) is 13.2. The van der Waals surface area contributed by atoms with E-state index in [2.05, 4.69) is 37.4 Å². The maximum absolute atomic E-state index is 14.2. The molecule has 2 heterocycles. The molecule has 46 heavy (non-hydrogen) atoms. The number of nitriles is 1. The molecule has 8 heteroatoms. The van der Waals surface area contributed by atoms with Gasteiger partial charge in [-0.05, 0) is 54.3 Å². The zero-order valence-electron chi connectivity index (χ0n) is 25.7. The van der Waals surface area contributed by atoms with Crippen molar-refractivity contribution in [3.8, 4) is 11.8 Å². The lowest BCUT2D eigenvalue weighted by Crippen LogP contribution is -2.40. The number of nitrogens with zero attached hydrogens (tertiary/aromatic N) is 3. The number of anilines is 1. The lowest BCUT2D eigenvalue weighted by atomic mass is 9.93. The topological polar surface area (TPSA) is 96.5 Å². The van der Waals surface area contributed by atoms with Gasteiger partial charge in [-0.2, -0.15) is 5.26 Å². The van der Waals surface area contributed by atoms with Crippen LogP contribution in [0.5, 0.6) is 5.75 Å².